The van der Waals surface area contributed by atoms with Crippen LogP contribution in [0.4, 0.5) is 4.39 Å². The van der Waals surface area contributed by atoms with Crippen molar-refractivity contribution in [2.45, 2.75) is 12.8 Å². The van der Waals surface area contributed by atoms with Gasteiger partial charge < -0.3 is 9.64 Å². The minimum atomic E-state index is -0.609. The van der Waals surface area contributed by atoms with Crippen molar-refractivity contribution >= 4 is 11.9 Å². The molecule has 1 fully saturated rings. The van der Waals surface area contributed by atoms with Gasteiger partial charge in [-0.2, -0.15) is 0 Å². The summed E-state index contributed by atoms with van der Waals surface area (Å²) in [5, 5.41) is 0. The molecular weight excluding hydrogens is 237 g/mol. The van der Waals surface area contributed by atoms with Crippen molar-refractivity contribution in [1.82, 2.24) is 4.90 Å². The molecule has 2 rings (SSSR count). The van der Waals surface area contributed by atoms with Gasteiger partial charge in [-0.05, 0) is 37.1 Å². The Bertz CT molecular complexity index is 438. The molecule has 0 N–H and O–H groups in total. The number of hydrogen-bond acceptors (Lipinski definition) is 3. The van der Waals surface area contributed by atoms with E-state index in [9.17, 15) is 14.0 Å². The van der Waals surface area contributed by atoms with Gasteiger partial charge in [0.2, 0.25) is 0 Å². The number of ether oxygens (including phenoxy) is 1. The van der Waals surface area contributed by atoms with Crippen molar-refractivity contribution in [3.05, 3.63) is 35.6 Å². The molecule has 1 saturated heterocycles. The summed E-state index contributed by atoms with van der Waals surface area (Å²) in [5.74, 6) is -1.20. The number of rotatable bonds is 3. The summed E-state index contributed by atoms with van der Waals surface area (Å²) < 4.78 is 17.5. The van der Waals surface area contributed by atoms with E-state index in [4.69, 9.17) is 4.74 Å². The largest absolute Gasteiger partial charge is 0.452 e. The van der Waals surface area contributed by atoms with Crippen LogP contribution >= 0.6 is 0 Å². The van der Waals surface area contributed by atoms with Gasteiger partial charge in [-0.1, -0.05) is 0 Å². The maximum absolute atomic E-state index is 12.7. The Labute approximate surface area is 104 Å². The first-order valence-corrected chi connectivity index (χ1v) is 5.87. The second kappa shape index (κ2) is 5.62. The van der Waals surface area contributed by atoms with E-state index in [2.05, 4.69) is 0 Å². The van der Waals surface area contributed by atoms with Crippen LogP contribution in [0.3, 0.4) is 0 Å². The van der Waals surface area contributed by atoms with Crippen molar-refractivity contribution < 1.29 is 18.7 Å². The van der Waals surface area contributed by atoms with Crippen LogP contribution in [0.1, 0.15) is 23.2 Å². The normalized spacial score (nSPS) is 14.6. The van der Waals surface area contributed by atoms with Crippen molar-refractivity contribution in [1.29, 1.82) is 0 Å². The Hall–Kier alpha value is -1.91. The molecule has 0 spiro atoms. The Morgan fingerprint density at radius 1 is 1.17 bits per heavy atom. The molecule has 0 saturated carbocycles. The molecule has 1 aliphatic rings. The number of halogens is 1. The van der Waals surface area contributed by atoms with Crippen LogP contribution in [-0.4, -0.2) is 36.5 Å². The molecule has 1 amide bonds. The highest BCUT2D eigenvalue weighted by atomic mass is 19.1. The van der Waals surface area contributed by atoms with Gasteiger partial charge in [-0.25, -0.2) is 9.18 Å². The van der Waals surface area contributed by atoms with E-state index in [1.807, 2.05) is 0 Å². The van der Waals surface area contributed by atoms with Gasteiger partial charge in [0.05, 0.1) is 5.56 Å². The monoisotopic (exact) mass is 251 g/mol. The molecule has 4 nitrogen and oxygen atoms in total. The first kappa shape index (κ1) is 12.5. The number of likely N-dealkylation sites (tertiary alicyclic amines) is 1. The number of esters is 1. The molecule has 0 aliphatic carbocycles. The van der Waals surface area contributed by atoms with Crippen LogP contribution < -0.4 is 0 Å². The van der Waals surface area contributed by atoms with E-state index in [-0.39, 0.29) is 18.1 Å². The maximum atomic E-state index is 12.7. The standard InChI is InChI=1S/C13H14FNO3/c14-11-5-3-10(4-6-11)13(17)18-9-12(16)15-7-1-2-8-15/h3-6H,1-2,7-9H2. The lowest BCUT2D eigenvalue weighted by Gasteiger charge is -2.14. The summed E-state index contributed by atoms with van der Waals surface area (Å²) in [6.07, 6.45) is 2.00. The van der Waals surface area contributed by atoms with E-state index < -0.39 is 11.8 Å². The third kappa shape index (κ3) is 3.06. The summed E-state index contributed by atoms with van der Waals surface area (Å²) in [4.78, 5) is 24.9. The highest BCUT2D eigenvalue weighted by molar-refractivity contribution is 5.91. The zero-order valence-corrected chi connectivity index (χ0v) is 9.89. The molecule has 18 heavy (non-hydrogen) atoms. The average molecular weight is 251 g/mol. The molecule has 0 radical (unpaired) electrons. The average Bonchev–Trinajstić information content (AvgIpc) is 2.90. The van der Waals surface area contributed by atoms with Gasteiger partial charge in [0, 0.05) is 13.1 Å². The molecule has 0 unspecified atom stereocenters. The van der Waals surface area contributed by atoms with Crippen molar-refractivity contribution in [3.63, 3.8) is 0 Å². The van der Waals surface area contributed by atoms with Crippen molar-refractivity contribution in [3.8, 4) is 0 Å². The fourth-order valence-electron chi connectivity index (χ4n) is 1.85. The SMILES string of the molecule is O=C(OCC(=O)N1CCCC1)c1ccc(F)cc1. The lowest BCUT2D eigenvalue weighted by molar-refractivity contribution is -0.133. The van der Waals surface area contributed by atoms with Gasteiger partial charge in [-0.3, -0.25) is 4.79 Å². The zero-order valence-electron chi connectivity index (χ0n) is 9.89. The van der Waals surface area contributed by atoms with Crippen LogP contribution in [0.15, 0.2) is 24.3 Å². The Kier molecular flexibility index (Phi) is 3.92. The van der Waals surface area contributed by atoms with Gasteiger partial charge in [0.15, 0.2) is 6.61 Å². The van der Waals surface area contributed by atoms with Gasteiger partial charge >= 0.3 is 5.97 Å². The third-order valence-corrected chi connectivity index (χ3v) is 2.87. The lowest BCUT2D eigenvalue weighted by atomic mass is 10.2. The summed E-state index contributed by atoms with van der Waals surface area (Å²) in [7, 11) is 0. The molecule has 0 aromatic heterocycles. The molecule has 0 atom stereocenters. The zero-order chi connectivity index (χ0) is 13.0. The highest BCUT2D eigenvalue weighted by Gasteiger charge is 2.19. The summed E-state index contributed by atoms with van der Waals surface area (Å²) in [6.45, 7) is 1.20. The quantitative estimate of drug-likeness (QED) is 0.767. The number of nitrogens with zero attached hydrogens (tertiary/aromatic N) is 1. The van der Waals surface area contributed by atoms with E-state index in [0.29, 0.717) is 0 Å². The number of amides is 1. The Morgan fingerprint density at radius 2 is 1.78 bits per heavy atom. The summed E-state index contributed by atoms with van der Waals surface area (Å²) >= 11 is 0. The predicted molar refractivity (Wildman–Crippen MR) is 62.5 cm³/mol. The molecule has 1 heterocycles. The molecule has 5 heteroatoms. The smallest absolute Gasteiger partial charge is 0.338 e. The van der Waals surface area contributed by atoms with Crippen molar-refractivity contribution in [2.75, 3.05) is 19.7 Å². The minimum absolute atomic E-state index is 0.178. The number of benzene rings is 1. The number of carbonyl (C=O) groups is 2. The van der Waals surface area contributed by atoms with Crippen LogP contribution in [0.5, 0.6) is 0 Å². The summed E-state index contributed by atoms with van der Waals surface area (Å²) in [5.41, 5.74) is 0.241. The molecule has 96 valence electrons. The highest BCUT2D eigenvalue weighted by Crippen LogP contribution is 2.08. The van der Waals surface area contributed by atoms with E-state index in [1.54, 1.807) is 4.90 Å². The first-order chi connectivity index (χ1) is 8.66. The van der Waals surface area contributed by atoms with E-state index in [0.717, 1.165) is 25.9 Å². The van der Waals surface area contributed by atoms with Crippen molar-refractivity contribution in [2.24, 2.45) is 0 Å². The molecular formula is C13H14FNO3. The van der Waals surface area contributed by atoms with Gasteiger partial charge in [-0.15, -0.1) is 0 Å². The lowest BCUT2D eigenvalue weighted by Crippen LogP contribution is -2.32. The number of hydrogen-bond donors (Lipinski definition) is 0. The second-order valence-corrected chi connectivity index (χ2v) is 4.17. The second-order valence-electron chi connectivity index (χ2n) is 4.17. The molecule has 1 aromatic rings. The summed E-state index contributed by atoms with van der Waals surface area (Å²) in [6, 6.07) is 5.02. The van der Waals surface area contributed by atoms with Crippen LogP contribution in [0.25, 0.3) is 0 Å². The first-order valence-electron chi connectivity index (χ1n) is 5.87. The van der Waals surface area contributed by atoms with E-state index in [1.165, 1.54) is 24.3 Å². The van der Waals surface area contributed by atoms with Crippen LogP contribution in [-0.2, 0) is 9.53 Å². The van der Waals surface area contributed by atoms with Gasteiger partial charge in [0.25, 0.3) is 5.91 Å². The molecule has 0 bridgehead atoms. The van der Waals surface area contributed by atoms with Gasteiger partial charge in [0.1, 0.15) is 5.82 Å². The molecule has 1 aromatic carbocycles. The third-order valence-electron chi connectivity index (χ3n) is 2.87. The number of carbonyl (C=O) groups excluding carboxylic acids is 2. The topological polar surface area (TPSA) is 46.6 Å². The predicted octanol–water partition coefficient (Wildman–Crippen LogP) is 1.60. The Balaban J connectivity index is 1.84. The minimum Gasteiger partial charge on any atom is -0.452 e. The fourth-order valence-corrected chi connectivity index (χ4v) is 1.85. The fraction of sp³-hybridized carbons (Fsp3) is 0.385. The molecule has 1 aliphatic heterocycles. The van der Waals surface area contributed by atoms with E-state index >= 15 is 0 Å². The van der Waals surface area contributed by atoms with Crippen LogP contribution in [0, 0.1) is 5.82 Å². The van der Waals surface area contributed by atoms with Crippen LogP contribution in [0.2, 0.25) is 0 Å². The Morgan fingerprint density at radius 3 is 2.39 bits per heavy atom. The maximum Gasteiger partial charge on any atom is 0.338 e.